The summed E-state index contributed by atoms with van der Waals surface area (Å²) in [6.45, 7) is 2.59. The summed E-state index contributed by atoms with van der Waals surface area (Å²) in [5.74, 6) is 0.0840. The fraction of sp³-hybridized carbons (Fsp3) is 0.364. The van der Waals surface area contributed by atoms with Gasteiger partial charge in [-0.2, -0.15) is 0 Å². The molecule has 0 unspecified atom stereocenters. The second kappa shape index (κ2) is 6.94. The van der Waals surface area contributed by atoms with Gasteiger partial charge in [0.1, 0.15) is 0 Å². The fourth-order valence-corrected chi connectivity index (χ4v) is 3.15. The molecule has 0 spiro atoms. The van der Waals surface area contributed by atoms with E-state index in [1.807, 2.05) is 60.4 Å². The van der Waals surface area contributed by atoms with Crippen LogP contribution in [0.1, 0.15) is 57.5 Å². The van der Waals surface area contributed by atoms with Crippen LogP contribution < -0.4 is 5.32 Å². The zero-order valence-corrected chi connectivity index (χ0v) is 15.1. The number of rotatable bonds is 6. The van der Waals surface area contributed by atoms with Gasteiger partial charge in [-0.25, -0.2) is 0 Å². The molecule has 2 aliphatic rings. The van der Waals surface area contributed by atoms with Gasteiger partial charge in [0, 0.05) is 29.8 Å². The molecule has 4 rings (SSSR count). The Morgan fingerprint density at radius 2 is 1.73 bits per heavy atom. The van der Waals surface area contributed by atoms with Crippen molar-refractivity contribution < 1.29 is 9.59 Å². The van der Waals surface area contributed by atoms with Gasteiger partial charge in [-0.1, -0.05) is 29.8 Å². The van der Waals surface area contributed by atoms with Crippen LogP contribution in [-0.2, 0) is 6.54 Å². The first kappa shape index (κ1) is 16.8. The van der Waals surface area contributed by atoms with E-state index in [2.05, 4.69) is 5.32 Å². The van der Waals surface area contributed by atoms with Gasteiger partial charge < -0.3 is 10.2 Å². The molecular weight excluding hydrogens is 324 g/mol. The smallest absolute Gasteiger partial charge is 0.254 e. The van der Waals surface area contributed by atoms with Crippen LogP contribution in [0.15, 0.2) is 48.5 Å². The van der Waals surface area contributed by atoms with Crippen LogP contribution in [-0.4, -0.2) is 28.8 Å². The molecule has 0 saturated heterocycles. The minimum atomic E-state index is -0.00561. The fourth-order valence-electron chi connectivity index (χ4n) is 3.15. The van der Waals surface area contributed by atoms with Crippen molar-refractivity contribution in [1.29, 1.82) is 0 Å². The van der Waals surface area contributed by atoms with Crippen LogP contribution in [0.5, 0.6) is 0 Å². The summed E-state index contributed by atoms with van der Waals surface area (Å²) in [5, 5.41) is 3.00. The first-order valence-electron chi connectivity index (χ1n) is 9.37. The third-order valence-corrected chi connectivity index (χ3v) is 5.00. The number of nitrogens with one attached hydrogen (secondary N) is 1. The second-order valence-electron chi connectivity index (χ2n) is 7.48. The lowest BCUT2D eigenvalue weighted by atomic mass is 10.1. The van der Waals surface area contributed by atoms with E-state index in [0.29, 0.717) is 24.2 Å². The topological polar surface area (TPSA) is 49.4 Å². The van der Waals surface area contributed by atoms with Gasteiger partial charge >= 0.3 is 0 Å². The number of hydrogen-bond donors (Lipinski definition) is 1. The predicted octanol–water partition coefficient (Wildman–Crippen LogP) is 3.69. The number of carbonyl (C=O) groups is 2. The van der Waals surface area contributed by atoms with Gasteiger partial charge in [0.2, 0.25) is 0 Å². The Morgan fingerprint density at radius 1 is 1.00 bits per heavy atom. The van der Waals surface area contributed by atoms with Crippen molar-refractivity contribution in [3.05, 3.63) is 70.8 Å². The molecule has 4 nitrogen and oxygen atoms in total. The van der Waals surface area contributed by atoms with E-state index in [1.54, 1.807) is 0 Å². The number of hydrogen-bond acceptors (Lipinski definition) is 2. The quantitative estimate of drug-likeness (QED) is 0.865. The molecule has 2 aromatic carbocycles. The van der Waals surface area contributed by atoms with Crippen LogP contribution in [0.4, 0.5) is 0 Å². The Bertz CT molecular complexity index is 820. The van der Waals surface area contributed by atoms with E-state index < -0.39 is 0 Å². The monoisotopic (exact) mass is 348 g/mol. The highest BCUT2D eigenvalue weighted by molar-refractivity contribution is 5.95. The van der Waals surface area contributed by atoms with Crippen molar-refractivity contribution in [2.75, 3.05) is 0 Å². The summed E-state index contributed by atoms with van der Waals surface area (Å²) in [7, 11) is 0. The largest absolute Gasteiger partial charge is 0.349 e. The molecule has 26 heavy (non-hydrogen) atoms. The molecule has 2 fully saturated rings. The van der Waals surface area contributed by atoms with Crippen molar-refractivity contribution in [3.8, 4) is 0 Å². The summed E-state index contributed by atoms with van der Waals surface area (Å²) >= 11 is 0. The lowest BCUT2D eigenvalue weighted by molar-refractivity contribution is 0.0729. The van der Waals surface area contributed by atoms with Crippen LogP contribution >= 0.6 is 0 Å². The van der Waals surface area contributed by atoms with Crippen molar-refractivity contribution in [2.45, 2.75) is 51.2 Å². The van der Waals surface area contributed by atoms with Crippen molar-refractivity contribution in [1.82, 2.24) is 10.2 Å². The average Bonchev–Trinajstić information content (AvgIpc) is 3.54. The summed E-state index contributed by atoms with van der Waals surface area (Å²) in [6, 6.07) is 16.1. The summed E-state index contributed by atoms with van der Waals surface area (Å²) in [5.41, 5.74) is 3.58. The van der Waals surface area contributed by atoms with E-state index in [9.17, 15) is 9.59 Å². The van der Waals surface area contributed by atoms with Crippen molar-refractivity contribution in [3.63, 3.8) is 0 Å². The highest BCUT2D eigenvalue weighted by Gasteiger charge is 2.33. The van der Waals surface area contributed by atoms with E-state index in [4.69, 9.17) is 0 Å². The average molecular weight is 348 g/mol. The third kappa shape index (κ3) is 3.96. The molecule has 2 aliphatic carbocycles. The van der Waals surface area contributed by atoms with Gasteiger partial charge in [-0.3, -0.25) is 9.59 Å². The molecule has 0 atom stereocenters. The molecule has 0 heterocycles. The number of aryl methyl sites for hydroxylation is 1. The summed E-state index contributed by atoms with van der Waals surface area (Å²) in [6.07, 6.45) is 4.31. The molecular formula is C22H24N2O2. The Morgan fingerprint density at radius 3 is 2.35 bits per heavy atom. The molecule has 0 aromatic heterocycles. The maximum absolute atomic E-state index is 12.9. The minimum Gasteiger partial charge on any atom is -0.349 e. The van der Waals surface area contributed by atoms with Gasteiger partial charge in [-0.05, 0) is 62.4 Å². The summed E-state index contributed by atoms with van der Waals surface area (Å²) < 4.78 is 0. The van der Waals surface area contributed by atoms with E-state index in [0.717, 1.165) is 42.4 Å². The van der Waals surface area contributed by atoms with E-state index in [-0.39, 0.29) is 11.8 Å². The highest BCUT2D eigenvalue weighted by Crippen LogP contribution is 2.30. The van der Waals surface area contributed by atoms with Gasteiger partial charge in [0.25, 0.3) is 11.8 Å². The van der Waals surface area contributed by atoms with E-state index >= 15 is 0 Å². The Balaban J connectivity index is 1.46. The SMILES string of the molecule is Cc1cccc(C(=O)N(Cc2ccc(C(=O)NC3CC3)cc2)C2CC2)c1. The lowest BCUT2D eigenvalue weighted by Gasteiger charge is -2.23. The lowest BCUT2D eigenvalue weighted by Crippen LogP contribution is -2.32. The molecule has 134 valence electrons. The number of carbonyl (C=O) groups excluding carboxylic acids is 2. The maximum atomic E-state index is 12.9. The second-order valence-corrected chi connectivity index (χ2v) is 7.48. The minimum absolute atomic E-state index is 0.00561. The molecule has 4 heteroatoms. The first-order chi connectivity index (χ1) is 12.6. The van der Waals surface area contributed by atoms with Crippen LogP contribution in [0.3, 0.4) is 0 Å². The number of nitrogens with zero attached hydrogens (tertiary/aromatic N) is 1. The molecule has 2 saturated carbocycles. The Kier molecular flexibility index (Phi) is 4.49. The van der Waals surface area contributed by atoms with Crippen LogP contribution in [0, 0.1) is 6.92 Å². The van der Waals surface area contributed by atoms with Crippen molar-refractivity contribution in [2.24, 2.45) is 0 Å². The third-order valence-electron chi connectivity index (χ3n) is 5.00. The first-order valence-corrected chi connectivity index (χ1v) is 9.37. The zero-order chi connectivity index (χ0) is 18.1. The molecule has 0 aliphatic heterocycles. The predicted molar refractivity (Wildman–Crippen MR) is 101 cm³/mol. The zero-order valence-electron chi connectivity index (χ0n) is 15.1. The van der Waals surface area contributed by atoms with Crippen LogP contribution in [0.25, 0.3) is 0 Å². The molecule has 2 aromatic rings. The summed E-state index contributed by atoms with van der Waals surface area (Å²) in [4.78, 5) is 27.0. The molecule has 0 radical (unpaired) electrons. The molecule has 2 amide bonds. The van der Waals surface area contributed by atoms with Gasteiger partial charge in [0.05, 0.1) is 0 Å². The molecule has 1 N–H and O–H groups in total. The Labute approximate surface area is 154 Å². The maximum Gasteiger partial charge on any atom is 0.254 e. The normalized spacial score (nSPS) is 16.2. The number of benzene rings is 2. The standard InChI is InChI=1S/C22H24N2O2/c1-15-3-2-4-18(13-15)22(26)24(20-11-12-20)14-16-5-7-17(8-6-16)21(25)23-19-9-10-19/h2-8,13,19-20H,9-12,14H2,1H3,(H,23,25). The van der Waals surface area contributed by atoms with E-state index in [1.165, 1.54) is 0 Å². The highest BCUT2D eigenvalue weighted by atomic mass is 16.2. The van der Waals surface area contributed by atoms with Crippen molar-refractivity contribution >= 4 is 11.8 Å². The van der Waals surface area contributed by atoms with Crippen LogP contribution in [0.2, 0.25) is 0 Å². The Hall–Kier alpha value is -2.62. The number of amides is 2. The molecule has 0 bridgehead atoms. The van der Waals surface area contributed by atoms with Gasteiger partial charge in [0.15, 0.2) is 0 Å². The van der Waals surface area contributed by atoms with Gasteiger partial charge in [-0.15, -0.1) is 0 Å².